The highest BCUT2D eigenvalue weighted by Gasteiger charge is 2.36. The Morgan fingerprint density at radius 2 is 2.21 bits per heavy atom. The molecular weight excluding hydrogens is 184 g/mol. The Morgan fingerprint density at radius 1 is 1.57 bits per heavy atom. The number of aliphatic carboxylic acids is 1. The number of rotatable bonds is 3. The molecule has 0 saturated carbocycles. The molecule has 5 heteroatoms. The molecule has 0 amide bonds. The van der Waals surface area contributed by atoms with Gasteiger partial charge in [0.15, 0.2) is 6.10 Å². The molecule has 1 rings (SSSR count). The number of carbonyl (C=O) groups is 1. The van der Waals surface area contributed by atoms with Crippen LogP contribution >= 0.6 is 0 Å². The lowest BCUT2D eigenvalue weighted by Gasteiger charge is -2.26. The van der Waals surface area contributed by atoms with Gasteiger partial charge in [-0.3, -0.25) is 0 Å². The maximum atomic E-state index is 10.6. The Kier molecular flexibility index (Phi) is 2.81. The SMILES string of the molecule is CC(C)(c1ccncn1)C(O)C(=O)O. The second-order valence-corrected chi connectivity index (χ2v) is 3.56. The molecule has 0 fully saturated rings. The molecule has 0 aliphatic rings. The standard InChI is InChI=1S/C9H12N2O3/c1-9(2,7(12)8(13)14)6-3-4-10-5-11-6/h3-5,7,12H,1-2H3,(H,13,14). The van der Waals surface area contributed by atoms with Gasteiger partial charge in [0, 0.05) is 11.6 Å². The minimum absolute atomic E-state index is 0.502. The van der Waals surface area contributed by atoms with Gasteiger partial charge in [-0.15, -0.1) is 0 Å². The Morgan fingerprint density at radius 3 is 2.64 bits per heavy atom. The fraction of sp³-hybridized carbons (Fsp3) is 0.444. The van der Waals surface area contributed by atoms with E-state index in [1.54, 1.807) is 19.9 Å². The molecule has 0 bridgehead atoms. The van der Waals surface area contributed by atoms with Crippen LogP contribution in [0.5, 0.6) is 0 Å². The number of hydrogen-bond acceptors (Lipinski definition) is 4. The molecule has 0 saturated heterocycles. The normalized spacial score (nSPS) is 13.6. The van der Waals surface area contributed by atoms with Crippen molar-refractivity contribution in [3.8, 4) is 0 Å². The van der Waals surface area contributed by atoms with Gasteiger partial charge in [0.1, 0.15) is 6.33 Å². The maximum Gasteiger partial charge on any atom is 0.333 e. The first-order valence-electron chi connectivity index (χ1n) is 4.13. The summed E-state index contributed by atoms with van der Waals surface area (Å²) in [5, 5.41) is 18.1. The van der Waals surface area contributed by atoms with Crippen LogP contribution in [0.15, 0.2) is 18.6 Å². The van der Waals surface area contributed by atoms with Crippen LogP contribution in [0.4, 0.5) is 0 Å². The van der Waals surface area contributed by atoms with Gasteiger partial charge in [-0.1, -0.05) is 13.8 Å². The van der Waals surface area contributed by atoms with Crippen molar-refractivity contribution in [2.24, 2.45) is 0 Å². The van der Waals surface area contributed by atoms with E-state index in [0.29, 0.717) is 5.69 Å². The van der Waals surface area contributed by atoms with E-state index < -0.39 is 17.5 Å². The fourth-order valence-electron chi connectivity index (χ4n) is 1.12. The Balaban J connectivity index is 3.02. The van der Waals surface area contributed by atoms with E-state index >= 15 is 0 Å². The highest BCUT2D eigenvalue weighted by molar-refractivity contribution is 5.74. The van der Waals surface area contributed by atoms with Crippen LogP contribution < -0.4 is 0 Å². The Hall–Kier alpha value is -1.49. The monoisotopic (exact) mass is 196 g/mol. The summed E-state index contributed by atoms with van der Waals surface area (Å²) in [6.07, 6.45) is 1.36. The van der Waals surface area contributed by atoms with Crippen LogP contribution in [0.2, 0.25) is 0 Å². The molecule has 0 aliphatic heterocycles. The zero-order valence-electron chi connectivity index (χ0n) is 8.01. The minimum atomic E-state index is -1.47. The third-order valence-electron chi connectivity index (χ3n) is 2.16. The predicted octanol–water partition coefficient (Wildman–Crippen LogP) is 0.200. The van der Waals surface area contributed by atoms with Crippen molar-refractivity contribution < 1.29 is 15.0 Å². The predicted molar refractivity (Wildman–Crippen MR) is 48.7 cm³/mol. The topological polar surface area (TPSA) is 83.3 Å². The molecule has 0 aromatic carbocycles. The van der Waals surface area contributed by atoms with Crippen molar-refractivity contribution in [2.45, 2.75) is 25.4 Å². The highest BCUT2D eigenvalue weighted by atomic mass is 16.4. The molecule has 1 atom stereocenters. The van der Waals surface area contributed by atoms with Crippen LogP contribution in [0.25, 0.3) is 0 Å². The lowest BCUT2D eigenvalue weighted by atomic mass is 9.83. The molecule has 2 N–H and O–H groups in total. The van der Waals surface area contributed by atoms with E-state index in [0.717, 1.165) is 0 Å². The van der Waals surface area contributed by atoms with Gasteiger partial charge in [0.25, 0.3) is 0 Å². The molecule has 1 aromatic rings. The third-order valence-corrected chi connectivity index (χ3v) is 2.16. The van der Waals surface area contributed by atoms with Crippen molar-refractivity contribution in [1.82, 2.24) is 9.97 Å². The summed E-state index contributed by atoms with van der Waals surface area (Å²) in [5.74, 6) is -1.26. The molecule has 1 unspecified atom stereocenters. The van der Waals surface area contributed by atoms with E-state index in [2.05, 4.69) is 9.97 Å². The molecule has 5 nitrogen and oxygen atoms in total. The number of carboxylic acid groups (broad SMARTS) is 1. The number of aliphatic hydroxyl groups is 1. The smallest absolute Gasteiger partial charge is 0.333 e. The van der Waals surface area contributed by atoms with Crippen LogP contribution in [0.1, 0.15) is 19.5 Å². The highest BCUT2D eigenvalue weighted by Crippen LogP contribution is 2.24. The third kappa shape index (κ3) is 1.88. The zero-order chi connectivity index (χ0) is 10.8. The summed E-state index contributed by atoms with van der Waals surface area (Å²) in [5.41, 5.74) is -0.420. The number of aliphatic hydroxyl groups excluding tert-OH is 1. The first-order chi connectivity index (χ1) is 6.46. The number of hydrogen-bond donors (Lipinski definition) is 2. The van der Waals surface area contributed by atoms with Gasteiger partial charge < -0.3 is 10.2 Å². The summed E-state index contributed by atoms with van der Waals surface area (Å²) < 4.78 is 0. The molecule has 0 aliphatic carbocycles. The second kappa shape index (κ2) is 3.71. The fourth-order valence-corrected chi connectivity index (χ4v) is 1.12. The summed E-state index contributed by atoms with van der Waals surface area (Å²) >= 11 is 0. The summed E-state index contributed by atoms with van der Waals surface area (Å²) in [6, 6.07) is 1.59. The average molecular weight is 196 g/mol. The summed E-state index contributed by atoms with van der Waals surface area (Å²) in [6.45, 7) is 3.24. The lowest BCUT2D eigenvalue weighted by molar-refractivity contribution is -0.150. The van der Waals surface area contributed by atoms with E-state index in [-0.39, 0.29) is 0 Å². The number of nitrogens with zero attached hydrogens (tertiary/aromatic N) is 2. The molecular formula is C9H12N2O3. The first-order valence-corrected chi connectivity index (χ1v) is 4.13. The molecule has 0 spiro atoms. The minimum Gasteiger partial charge on any atom is -0.479 e. The van der Waals surface area contributed by atoms with E-state index in [9.17, 15) is 9.90 Å². The number of aromatic nitrogens is 2. The van der Waals surface area contributed by atoms with Crippen molar-refractivity contribution in [3.63, 3.8) is 0 Å². The van der Waals surface area contributed by atoms with Gasteiger partial charge in [0.05, 0.1) is 5.69 Å². The van der Waals surface area contributed by atoms with Gasteiger partial charge >= 0.3 is 5.97 Å². The van der Waals surface area contributed by atoms with E-state index in [1.165, 1.54) is 12.5 Å². The number of carboxylic acids is 1. The van der Waals surface area contributed by atoms with Gasteiger partial charge in [0.2, 0.25) is 0 Å². The Bertz CT molecular complexity index is 324. The van der Waals surface area contributed by atoms with E-state index in [4.69, 9.17) is 5.11 Å². The molecule has 1 aromatic heterocycles. The van der Waals surface area contributed by atoms with Crippen LogP contribution in [0, 0.1) is 0 Å². The quantitative estimate of drug-likeness (QED) is 0.721. The van der Waals surface area contributed by atoms with Crippen molar-refractivity contribution in [3.05, 3.63) is 24.3 Å². The van der Waals surface area contributed by atoms with Crippen LogP contribution in [0.3, 0.4) is 0 Å². The lowest BCUT2D eigenvalue weighted by Crippen LogP contribution is -2.40. The molecule has 76 valence electrons. The van der Waals surface area contributed by atoms with Crippen molar-refractivity contribution in [2.75, 3.05) is 0 Å². The Labute approximate surface area is 81.4 Å². The van der Waals surface area contributed by atoms with Gasteiger partial charge in [-0.05, 0) is 6.07 Å². The van der Waals surface area contributed by atoms with Crippen molar-refractivity contribution in [1.29, 1.82) is 0 Å². The van der Waals surface area contributed by atoms with Crippen molar-refractivity contribution >= 4 is 5.97 Å². The van der Waals surface area contributed by atoms with Gasteiger partial charge in [-0.2, -0.15) is 0 Å². The average Bonchev–Trinajstić information content (AvgIpc) is 2.18. The summed E-state index contributed by atoms with van der Waals surface area (Å²) in [7, 11) is 0. The molecule has 14 heavy (non-hydrogen) atoms. The summed E-state index contributed by atoms with van der Waals surface area (Å²) in [4.78, 5) is 18.3. The largest absolute Gasteiger partial charge is 0.479 e. The molecule has 1 heterocycles. The maximum absolute atomic E-state index is 10.6. The van der Waals surface area contributed by atoms with Crippen LogP contribution in [-0.4, -0.2) is 32.3 Å². The van der Waals surface area contributed by atoms with Gasteiger partial charge in [-0.25, -0.2) is 14.8 Å². The molecule has 0 radical (unpaired) electrons. The van der Waals surface area contributed by atoms with Crippen LogP contribution in [-0.2, 0) is 10.2 Å². The second-order valence-electron chi connectivity index (χ2n) is 3.56. The first kappa shape index (κ1) is 10.6. The van der Waals surface area contributed by atoms with E-state index in [1.807, 2.05) is 0 Å². The zero-order valence-corrected chi connectivity index (χ0v) is 8.01.